The molecule has 0 bridgehead atoms. The number of rotatable bonds is 9. The lowest BCUT2D eigenvalue weighted by molar-refractivity contribution is -0.126. The number of nitriles is 1. The Labute approximate surface area is 222 Å². The van der Waals surface area contributed by atoms with E-state index < -0.39 is 24.0 Å². The number of carbonyl (C=O) groups excluding carboxylic acids is 2. The molecule has 2 atom stereocenters. The fraction of sp³-hybridized carbons (Fsp3) is 0.889. The van der Waals surface area contributed by atoms with Gasteiger partial charge in [-0.25, -0.2) is 4.79 Å². The van der Waals surface area contributed by atoms with Gasteiger partial charge in [-0.05, 0) is 37.6 Å². The van der Waals surface area contributed by atoms with E-state index in [4.69, 9.17) is 9.47 Å². The molecule has 10 heteroatoms. The molecule has 10 nitrogen and oxygen atoms in total. The summed E-state index contributed by atoms with van der Waals surface area (Å²) in [6.45, 7) is 10.2. The van der Waals surface area contributed by atoms with Crippen molar-refractivity contribution in [1.29, 1.82) is 5.26 Å². The van der Waals surface area contributed by atoms with E-state index in [1.165, 1.54) is 19.3 Å². The van der Waals surface area contributed by atoms with E-state index in [9.17, 15) is 14.9 Å². The number of nitrogens with zero attached hydrogens (tertiary/aromatic N) is 3. The van der Waals surface area contributed by atoms with Crippen molar-refractivity contribution in [2.75, 3.05) is 53.0 Å². The van der Waals surface area contributed by atoms with E-state index in [1.54, 1.807) is 0 Å². The average Bonchev–Trinajstić information content (AvgIpc) is 2.89. The fourth-order valence-electron chi connectivity index (χ4n) is 5.29. The van der Waals surface area contributed by atoms with Crippen LogP contribution in [0.5, 0.6) is 0 Å². The molecule has 3 N–H and O–H groups in total. The largest absolute Gasteiger partial charge is 0.449 e. The molecule has 2 unspecified atom stereocenters. The van der Waals surface area contributed by atoms with Gasteiger partial charge in [-0.15, -0.1) is 0 Å². The molecule has 2 heterocycles. The first-order valence-corrected chi connectivity index (χ1v) is 14.0. The SMILES string of the molecule is CN1CCC(C#N)(NC(=O)C(CC2CCCCC2)NC(NC(=O)OCC(C)(C)C)N2CCOCC2)CC1. The number of amides is 2. The van der Waals surface area contributed by atoms with Crippen LogP contribution in [0.2, 0.25) is 0 Å². The summed E-state index contributed by atoms with van der Waals surface area (Å²) in [5.41, 5.74) is -1.01. The van der Waals surface area contributed by atoms with Gasteiger partial charge in [0.15, 0.2) is 0 Å². The number of hydrogen-bond acceptors (Lipinski definition) is 8. The maximum absolute atomic E-state index is 13.8. The second-order valence-electron chi connectivity index (χ2n) is 12.3. The topological polar surface area (TPSA) is 119 Å². The van der Waals surface area contributed by atoms with E-state index in [0.717, 1.165) is 25.9 Å². The van der Waals surface area contributed by atoms with Gasteiger partial charge in [-0.2, -0.15) is 5.26 Å². The quantitative estimate of drug-likeness (QED) is 0.397. The summed E-state index contributed by atoms with van der Waals surface area (Å²) in [5.74, 6) is 0.269. The summed E-state index contributed by atoms with van der Waals surface area (Å²) in [7, 11) is 2.04. The Morgan fingerprint density at radius 2 is 1.76 bits per heavy atom. The van der Waals surface area contributed by atoms with Gasteiger partial charge in [-0.3, -0.25) is 20.3 Å². The van der Waals surface area contributed by atoms with Gasteiger partial charge in [-0.1, -0.05) is 52.9 Å². The standard InChI is InChI=1S/C27H48N6O4/c1-26(2,3)20-37-25(35)30-24(33-14-16-36-17-15-33)29-22(18-21-8-6-5-7-9-21)23(34)31-27(19-28)10-12-32(4)13-11-27/h21-22,24,29H,5-18,20H2,1-4H3,(H,30,35)(H,31,34). The first kappa shape index (κ1) is 29.6. The van der Waals surface area contributed by atoms with Crippen LogP contribution < -0.4 is 16.0 Å². The molecule has 1 saturated carbocycles. The first-order valence-electron chi connectivity index (χ1n) is 14.0. The van der Waals surface area contributed by atoms with Crippen LogP contribution in [0.3, 0.4) is 0 Å². The van der Waals surface area contributed by atoms with E-state index in [1.807, 2.05) is 27.8 Å². The minimum absolute atomic E-state index is 0.150. The zero-order valence-electron chi connectivity index (χ0n) is 23.3. The smallest absolute Gasteiger partial charge is 0.409 e. The highest BCUT2D eigenvalue weighted by Crippen LogP contribution is 2.28. The number of alkyl carbamates (subject to hydrolysis) is 1. The molecule has 3 aliphatic rings. The maximum Gasteiger partial charge on any atom is 0.409 e. The van der Waals surface area contributed by atoms with Crippen molar-refractivity contribution < 1.29 is 19.1 Å². The number of nitrogens with one attached hydrogen (secondary N) is 3. The Morgan fingerprint density at radius 1 is 1.11 bits per heavy atom. The molecule has 3 fully saturated rings. The van der Waals surface area contributed by atoms with Crippen molar-refractivity contribution in [3.05, 3.63) is 0 Å². The highest BCUT2D eigenvalue weighted by atomic mass is 16.5. The van der Waals surface area contributed by atoms with Gasteiger partial charge in [0.1, 0.15) is 11.8 Å². The molecular weight excluding hydrogens is 472 g/mol. The molecule has 2 saturated heterocycles. The van der Waals surface area contributed by atoms with E-state index >= 15 is 0 Å². The van der Waals surface area contributed by atoms with Crippen LogP contribution in [-0.4, -0.2) is 92.7 Å². The van der Waals surface area contributed by atoms with Crippen LogP contribution in [0.25, 0.3) is 0 Å². The van der Waals surface area contributed by atoms with Gasteiger partial charge in [0.05, 0.1) is 31.9 Å². The Kier molecular flexibility index (Phi) is 11.0. The monoisotopic (exact) mass is 520 g/mol. The normalized spacial score (nSPS) is 23.4. The van der Waals surface area contributed by atoms with E-state index in [2.05, 4.69) is 31.8 Å². The molecule has 0 aromatic rings. The Hall–Kier alpha value is -1.93. The predicted molar refractivity (Wildman–Crippen MR) is 141 cm³/mol. The second kappa shape index (κ2) is 13.7. The Morgan fingerprint density at radius 3 is 2.35 bits per heavy atom. The molecule has 210 valence electrons. The van der Waals surface area contributed by atoms with Gasteiger partial charge in [0, 0.05) is 26.2 Å². The molecule has 0 radical (unpaired) electrons. The van der Waals surface area contributed by atoms with Crippen molar-refractivity contribution in [1.82, 2.24) is 25.8 Å². The number of hydrogen-bond donors (Lipinski definition) is 3. The third-order valence-electron chi connectivity index (χ3n) is 7.69. The highest BCUT2D eigenvalue weighted by Gasteiger charge is 2.39. The maximum atomic E-state index is 13.8. The van der Waals surface area contributed by atoms with Gasteiger partial charge >= 0.3 is 6.09 Å². The third kappa shape index (κ3) is 9.71. The predicted octanol–water partition coefficient (Wildman–Crippen LogP) is 2.41. The summed E-state index contributed by atoms with van der Waals surface area (Å²) in [5, 5.41) is 19.6. The zero-order valence-corrected chi connectivity index (χ0v) is 23.3. The second-order valence-corrected chi connectivity index (χ2v) is 12.3. The van der Waals surface area contributed by atoms with Crippen LogP contribution in [0, 0.1) is 22.7 Å². The minimum Gasteiger partial charge on any atom is -0.449 e. The summed E-state index contributed by atoms with van der Waals surface area (Å²) in [6.07, 6.45) is 6.58. The van der Waals surface area contributed by atoms with Crippen molar-refractivity contribution in [2.24, 2.45) is 11.3 Å². The van der Waals surface area contributed by atoms with Crippen molar-refractivity contribution >= 4 is 12.0 Å². The lowest BCUT2D eigenvalue weighted by Gasteiger charge is -2.40. The zero-order chi connectivity index (χ0) is 26.9. The molecule has 2 amide bonds. The van der Waals surface area contributed by atoms with Crippen molar-refractivity contribution in [3.63, 3.8) is 0 Å². The molecule has 0 aromatic heterocycles. The third-order valence-corrected chi connectivity index (χ3v) is 7.69. The lowest BCUT2D eigenvalue weighted by Crippen LogP contribution is -2.65. The van der Waals surface area contributed by atoms with Crippen LogP contribution in [0.1, 0.15) is 72.1 Å². The first-order chi connectivity index (χ1) is 17.6. The number of carbonyl (C=O) groups is 2. The molecule has 3 rings (SSSR count). The molecular formula is C27H48N6O4. The average molecular weight is 521 g/mol. The molecule has 0 aromatic carbocycles. The minimum atomic E-state index is -0.858. The molecule has 1 aliphatic carbocycles. The van der Waals surface area contributed by atoms with E-state index in [-0.39, 0.29) is 11.3 Å². The summed E-state index contributed by atoms with van der Waals surface area (Å²) >= 11 is 0. The number of likely N-dealkylation sites (tertiary alicyclic amines) is 1. The Bertz CT molecular complexity index is 775. The summed E-state index contributed by atoms with van der Waals surface area (Å²) < 4.78 is 11.0. The summed E-state index contributed by atoms with van der Waals surface area (Å²) in [6, 6.07) is 1.87. The Balaban J connectivity index is 1.75. The van der Waals surface area contributed by atoms with Crippen LogP contribution in [-0.2, 0) is 14.3 Å². The molecule has 37 heavy (non-hydrogen) atoms. The number of piperidine rings is 1. The van der Waals surface area contributed by atoms with Crippen LogP contribution >= 0.6 is 0 Å². The van der Waals surface area contributed by atoms with Crippen LogP contribution in [0.15, 0.2) is 0 Å². The van der Waals surface area contributed by atoms with Gasteiger partial charge in [0.2, 0.25) is 5.91 Å². The molecule has 2 aliphatic heterocycles. The van der Waals surface area contributed by atoms with Crippen molar-refractivity contribution in [2.45, 2.75) is 90.0 Å². The molecule has 0 spiro atoms. The van der Waals surface area contributed by atoms with Crippen molar-refractivity contribution in [3.8, 4) is 6.07 Å². The summed E-state index contributed by atoms with van der Waals surface area (Å²) in [4.78, 5) is 30.8. The van der Waals surface area contributed by atoms with Crippen LogP contribution in [0.4, 0.5) is 4.79 Å². The number of ether oxygens (including phenoxy) is 2. The number of morpholine rings is 1. The van der Waals surface area contributed by atoms with Gasteiger partial charge in [0.25, 0.3) is 0 Å². The fourth-order valence-corrected chi connectivity index (χ4v) is 5.29. The van der Waals surface area contributed by atoms with Gasteiger partial charge < -0.3 is 19.7 Å². The lowest BCUT2D eigenvalue weighted by atomic mass is 9.84. The van der Waals surface area contributed by atoms with E-state index in [0.29, 0.717) is 58.1 Å². The highest BCUT2D eigenvalue weighted by molar-refractivity contribution is 5.83.